The normalized spacial score (nSPS) is 33.0. The Morgan fingerprint density at radius 3 is 2.05 bits per heavy atom. The summed E-state index contributed by atoms with van der Waals surface area (Å²) in [5.74, 6) is -5.23. The number of rotatable bonds is 5. The predicted octanol–water partition coefficient (Wildman–Crippen LogP) is -0.0791. The molecule has 0 radical (unpaired) electrons. The molecule has 55 heavy (non-hydrogen) atoms. The van der Waals surface area contributed by atoms with Gasteiger partial charge in [-0.05, 0) is 50.5 Å². The quantitative estimate of drug-likeness (QED) is 0.211. The van der Waals surface area contributed by atoms with Crippen LogP contribution in [0.2, 0.25) is 0 Å². The topological polar surface area (TPSA) is 221 Å². The minimum atomic E-state index is -1.77. The highest BCUT2D eigenvalue weighted by Crippen LogP contribution is 2.50. The van der Waals surface area contributed by atoms with E-state index in [-0.39, 0.29) is 38.1 Å². The van der Waals surface area contributed by atoms with Crippen molar-refractivity contribution < 1.29 is 44.1 Å². The summed E-state index contributed by atoms with van der Waals surface area (Å²) in [5.41, 5.74) is 0.0817. The zero-order valence-corrected chi connectivity index (χ0v) is 33.3. The molecule has 0 saturated carbocycles. The zero-order chi connectivity index (χ0) is 40.8. The van der Waals surface area contributed by atoms with Gasteiger partial charge in [-0.25, -0.2) is 0 Å². The minimum absolute atomic E-state index is 0.0195. The van der Waals surface area contributed by atoms with Crippen LogP contribution in [0, 0.1) is 24.7 Å². The lowest BCUT2D eigenvalue weighted by Crippen LogP contribution is -2.65. The van der Waals surface area contributed by atoms with E-state index in [9.17, 15) is 44.1 Å². The van der Waals surface area contributed by atoms with E-state index in [0.29, 0.717) is 11.3 Å². The van der Waals surface area contributed by atoms with Crippen LogP contribution in [0.15, 0.2) is 18.2 Å². The van der Waals surface area contributed by atoms with Gasteiger partial charge in [0.05, 0.1) is 12.2 Å². The molecule has 304 valence electrons. The number of piperidine rings is 1. The molecule has 0 bridgehead atoms. The first-order chi connectivity index (χ1) is 25.7. The summed E-state index contributed by atoms with van der Waals surface area (Å²) in [4.78, 5) is 90.1. The van der Waals surface area contributed by atoms with Crippen molar-refractivity contribution in [3.63, 3.8) is 0 Å². The highest BCUT2D eigenvalue weighted by Gasteiger charge is 2.61. The molecule has 0 unspecified atom stereocenters. The molecule has 6 amide bonds. The molecule has 0 spiro atoms. The van der Waals surface area contributed by atoms with Crippen molar-refractivity contribution in [3.8, 4) is 0 Å². The predicted molar refractivity (Wildman–Crippen MR) is 202 cm³/mol. The Hall–Kier alpha value is -4.28. The van der Waals surface area contributed by atoms with Crippen molar-refractivity contribution >= 4 is 41.1 Å². The van der Waals surface area contributed by atoms with E-state index < -0.39 is 108 Å². The van der Waals surface area contributed by atoms with E-state index in [1.807, 2.05) is 26.8 Å². The van der Waals surface area contributed by atoms with Crippen LogP contribution in [0.25, 0.3) is 0 Å². The van der Waals surface area contributed by atoms with Gasteiger partial charge in [-0.15, -0.1) is 0 Å². The van der Waals surface area contributed by atoms with Crippen molar-refractivity contribution in [2.45, 2.75) is 141 Å². The second-order valence-electron chi connectivity index (χ2n) is 17.0. The van der Waals surface area contributed by atoms with E-state index in [1.54, 1.807) is 39.8 Å². The fraction of sp³-hybridized carbons (Fsp3) is 0.692. The maximum atomic E-state index is 14.7. The van der Waals surface area contributed by atoms with E-state index in [4.69, 9.17) is 0 Å². The summed E-state index contributed by atoms with van der Waals surface area (Å²) in [7, 11) is 1.47. The van der Waals surface area contributed by atoms with Crippen LogP contribution < -0.4 is 21.3 Å². The van der Waals surface area contributed by atoms with Crippen LogP contribution in [-0.2, 0) is 34.4 Å². The third-order valence-electron chi connectivity index (χ3n) is 11.5. The number of hydrogen-bond acceptors (Lipinski definition) is 10. The molecule has 3 saturated heterocycles. The maximum Gasteiger partial charge on any atom is 0.250 e. The van der Waals surface area contributed by atoms with Gasteiger partial charge in [0, 0.05) is 37.7 Å². The summed E-state index contributed by atoms with van der Waals surface area (Å²) in [6.45, 7) is 13.9. The molecule has 0 aromatic heterocycles. The molecule has 16 heteroatoms. The first-order valence-electron chi connectivity index (χ1n) is 19.4. The molecule has 10 atom stereocenters. The van der Waals surface area contributed by atoms with Crippen LogP contribution in [0.5, 0.6) is 0 Å². The van der Waals surface area contributed by atoms with Crippen LogP contribution in [-0.4, -0.2) is 134 Å². The van der Waals surface area contributed by atoms with Gasteiger partial charge in [-0.1, -0.05) is 59.2 Å². The lowest BCUT2D eigenvalue weighted by Gasteiger charge is -2.42. The van der Waals surface area contributed by atoms with E-state index >= 15 is 0 Å². The summed E-state index contributed by atoms with van der Waals surface area (Å²) >= 11 is 0. The van der Waals surface area contributed by atoms with Crippen LogP contribution >= 0.6 is 0 Å². The monoisotopic (exact) mass is 769 g/mol. The summed E-state index contributed by atoms with van der Waals surface area (Å²) in [6.07, 6.45) is -3.64. The van der Waals surface area contributed by atoms with Crippen molar-refractivity contribution in [2.24, 2.45) is 17.8 Å². The van der Waals surface area contributed by atoms with E-state index in [2.05, 4.69) is 21.3 Å². The molecule has 4 heterocycles. The lowest BCUT2D eigenvalue weighted by atomic mass is 9.90. The number of fused-ring (bicyclic) bond motifs is 6. The largest absolute Gasteiger partial charge is 0.393 e. The number of likely N-dealkylation sites (N-methyl/N-ethyl adjacent to an activating group) is 1. The minimum Gasteiger partial charge on any atom is -0.393 e. The van der Waals surface area contributed by atoms with E-state index in [0.717, 1.165) is 10.5 Å². The standard InChI is InChI=1S/C39H59N7O9/c1-18(2)14-26-32(49)43-30(22(8)47)36(53)46-28(17-39(55)24-15-21(7)10-11-25(24)41-38(39)46)34(51)42-29(19(3)4)35(52)44(9)31(20(5)6)37(54)45-13-12-23(48)16-27(45)33(50)40-26/h10-11,15,18-20,22-23,26-31,38,41,47-48,55H,12-14,16-17H2,1-9H3,(H,40,50)(H,42,51)(H,43,49)/t22-,23-,26-,27+,28-,29+,30+,31-,38-,39+/m0/s1. The number of amides is 6. The maximum absolute atomic E-state index is 14.7. The Balaban J connectivity index is 1.64. The number of anilines is 1. The molecule has 4 aliphatic heterocycles. The number of benzene rings is 1. The van der Waals surface area contributed by atoms with Crippen molar-refractivity contribution in [3.05, 3.63) is 29.3 Å². The van der Waals surface area contributed by atoms with Crippen LogP contribution in [0.1, 0.15) is 85.3 Å². The first kappa shape index (κ1) is 41.9. The van der Waals surface area contributed by atoms with Gasteiger partial charge >= 0.3 is 0 Å². The fourth-order valence-corrected chi connectivity index (χ4v) is 8.57. The van der Waals surface area contributed by atoms with Crippen molar-refractivity contribution in [1.82, 2.24) is 30.7 Å². The summed E-state index contributed by atoms with van der Waals surface area (Å²) in [5, 5.41) is 45.4. The molecule has 1 aromatic rings. The SMILES string of the molecule is Cc1ccc2c(c1)[C@]1(O)C[C@H]3C(=O)N[C@H](C(C)C)C(=O)N(C)[C@@H](C(C)C)C(=O)N4CC[C@H](O)C[C@@H]4C(=O)N[C@@H](CC(C)C)C(=O)N[C@H]([C@H](C)O)C(=O)N3[C@@H]1N2. The van der Waals surface area contributed by atoms with E-state index in [1.165, 1.54) is 23.8 Å². The molecule has 7 N–H and O–H groups in total. The number of aliphatic hydroxyl groups is 3. The van der Waals surface area contributed by atoms with Gasteiger partial charge < -0.3 is 51.3 Å². The number of aryl methyl sites for hydroxylation is 1. The molecule has 5 rings (SSSR count). The van der Waals surface area contributed by atoms with Crippen LogP contribution in [0.4, 0.5) is 5.69 Å². The van der Waals surface area contributed by atoms with Gasteiger partial charge in [-0.2, -0.15) is 0 Å². The van der Waals surface area contributed by atoms with Gasteiger partial charge in [-0.3, -0.25) is 28.8 Å². The highest BCUT2D eigenvalue weighted by atomic mass is 16.3. The van der Waals surface area contributed by atoms with Crippen molar-refractivity contribution in [2.75, 3.05) is 18.9 Å². The summed E-state index contributed by atoms with van der Waals surface area (Å²) in [6, 6.07) is -2.27. The molecule has 0 aliphatic carbocycles. The Bertz CT molecular complexity index is 1680. The molecule has 1 aromatic carbocycles. The highest BCUT2D eigenvalue weighted by molar-refractivity contribution is 5.99. The smallest absolute Gasteiger partial charge is 0.250 e. The second kappa shape index (κ2) is 16.1. The Morgan fingerprint density at radius 2 is 1.45 bits per heavy atom. The Kier molecular flexibility index (Phi) is 12.2. The average molecular weight is 770 g/mol. The van der Waals surface area contributed by atoms with Gasteiger partial charge in [0.2, 0.25) is 35.4 Å². The number of carbonyl (C=O) groups excluding carboxylic acids is 6. The van der Waals surface area contributed by atoms with Crippen molar-refractivity contribution in [1.29, 1.82) is 0 Å². The third kappa shape index (κ3) is 8.03. The molecular weight excluding hydrogens is 710 g/mol. The fourth-order valence-electron chi connectivity index (χ4n) is 8.57. The number of hydrogen-bond donors (Lipinski definition) is 7. The second-order valence-corrected chi connectivity index (χ2v) is 17.0. The first-order valence-corrected chi connectivity index (χ1v) is 19.4. The third-order valence-corrected chi connectivity index (χ3v) is 11.5. The number of carbonyl (C=O) groups is 6. The molecule has 4 aliphatic rings. The molecule has 3 fully saturated rings. The Morgan fingerprint density at radius 1 is 0.818 bits per heavy atom. The number of aliphatic hydroxyl groups excluding tert-OH is 2. The van der Waals surface area contributed by atoms with Gasteiger partial charge in [0.25, 0.3) is 0 Å². The molecular formula is C39H59N7O9. The molecule has 16 nitrogen and oxygen atoms in total. The average Bonchev–Trinajstić information content (AvgIpc) is 3.55. The van der Waals surface area contributed by atoms with Gasteiger partial charge in [0.15, 0.2) is 0 Å². The zero-order valence-electron chi connectivity index (χ0n) is 33.3. The van der Waals surface area contributed by atoms with Gasteiger partial charge in [0.1, 0.15) is 48.0 Å². The Labute approximate surface area is 322 Å². The summed E-state index contributed by atoms with van der Waals surface area (Å²) < 4.78 is 0. The number of nitrogens with one attached hydrogen (secondary N) is 4. The lowest BCUT2D eigenvalue weighted by molar-refractivity contribution is -0.155. The van der Waals surface area contributed by atoms with Crippen LogP contribution in [0.3, 0.4) is 0 Å². The number of nitrogens with zero attached hydrogens (tertiary/aromatic N) is 3.